The molecule has 1 heterocycles. The summed E-state index contributed by atoms with van der Waals surface area (Å²) >= 11 is 2.87. The lowest BCUT2D eigenvalue weighted by Gasteiger charge is -2.15. The Labute approximate surface area is 283 Å². The SMILES string of the molecule is CCC(Sc1cccc(NC(=O)/C(=C/c2ccc(C)cc2)NC(=O)c2ccccc2)c1)C(=O)Nc1nc(-c2ccc(C)cc2)c(C)s1. The van der Waals surface area contributed by atoms with E-state index in [0.29, 0.717) is 22.8 Å². The maximum Gasteiger partial charge on any atom is 0.272 e. The summed E-state index contributed by atoms with van der Waals surface area (Å²) in [5.41, 5.74) is 6.01. The van der Waals surface area contributed by atoms with Gasteiger partial charge in [-0.15, -0.1) is 23.1 Å². The highest BCUT2D eigenvalue weighted by Gasteiger charge is 2.21. The molecule has 5 aromatic rings. The molecule has 0 saturated heterocycles. The first-order valence-corrected chi connectivity index (χ1v) is 17.0. The number of aryl methyl sites for hydroxylation is 3. The molecule has 1 unspecified atom stereocenters. The van der Waals surface area contributed by atoms with Gasteiger partial charge in [0.2, 0.25) is 5.91 Å². The number of hydrogen-bond donors (Lipinski definition) is 3. The topological polar surface area (TPSA) is 100 Å². The van der Waals surface area contributed by atoms with Crippen LogP contribution < -0.4 is 16.0 Å². The van der Waals surface area contributed by atoms with Crippen molar-refractivity contribution < 1.29 is 14.4 Å². The average Bonchev–Trinajstić information content (AvgIpc) is 3.44. The number of rotatable bonds is 11. The van der Waals surface area contributed by atoms with Gasteiger partial charge in [0.15, 0.2) is 5.13 Å². The van der Waals surface area contributed by atoms with Crippen LogP contribution in [-0.4, -0.2) is 28.0 Å². The Kier molecular flexibility index (Phi) is 11.0. The van der Waals surface area contributed by atoms with E-state index in [9.17, 15) is 14.4 Å². The second-order valence-corrected chi connectivity index (χ2v) is 13.5. The summed E-state index contributed by atoms with van der Waals surface area (Å²) in [6.45, 7) is 8.00. The molecule has 3 amide bonds. The van der Waals surface area contributed by atoms with Gasteiger partial charge in [-0.25, -0.2) is 4.98 Å². The molecule has 47 heavy (non-hydrogen) atoms. The number of anilines is 2. The highest BCUT2D eigenvalue weighted by Crippen LogP contribution is 2.33. The second kappa shape index (κ2) is 15.5. The number of carbonyl (C=O) groups excluding carboxylic acids is 3. The van der Waals surface area contributed by atoms with Crippen LogP contribution in [0.3, 0.4) is 0 Å². The predicted octanol–water partition coefficient (Wildman–Crippen LogP) is 8.65. The van der Waals surface area contributed by atoms with Gasteiger partial charge in [-0.05, 0) is 69.2 Å². The molecule has 0 saturated carbocycles. The van der Waals surface area contributed by atoms with E-state index in [1.165, 1.54) is 28.7 Å². The molecule has 3 N–H and O–H groups in total. The summed E-state index contributed by atoms with van der Waals surface area (Å²) in [6, 6.07) is 31.9. The number of benzene rings is 4. The molecule has 4 aromatic carbocycles. The lowest BCUT2D eigenvalue weighted by Crippen LogP contribution is -2.30. The third kappa shape index (κ3) is 9.06. The maximum atomic E-state index is 13.5. The molecule has 0 bridgehead atoms. The number of thiazole rings is 1. The van der Waals surface area contributed by atoms with E-state index >= 15 is 0 Å². The molecular weight excluding hydrogens is 625 g/mol. The van der Waals surface area contributed by atoms with Crippen molar-refractivity contribution in [3.05, 3.63) is 136 Å². The molecule has 1 atom stereocenters. The lowest BCUT2D eigenvalue weighted by atomic mass is 10.1. The van der Waals surface area contributed by atoms with Crippen LogP contribution in [0.2, 0.25) is 0 Å². The number of amides is 3. The molecule has 9 heteroatoms. The Hall–Kier alpha value is -4.99. The van der Waals surface area contributed by atoms with Crippen LogP contribution in [0.5, 0.6) is 0 Å². The number of hydrogen-bond acceptors (Lipinski definition) is 6. The van der Waals surface area contributed by atoms with Crippen molar-refractivity contribution >= 4 is 57.7 Å². The molecule has 0 radical (unpaired) electrons. The number of nitrogens with one attached hydrogen (secondary N) is 3. The largest absolute Gasteiger partial charge is 0.321 e. The molecule has 5 rings (SSSR count). The molecule has 238 valence electrons. The van der Waals surface area contributed by atoms with Crippen LogP contribution in [0.15, 0.2) is 114 Å². The second-order valence-electron chi connectivity index (χ2n) is 11.1. The highest BCUT2D eigenvalue weighted by molar-refractivity contribution is 8.00. The molecule has 7 nitrogen and oxygen atoms in total. The summed E-state index contributed by atoms with van der Waals surface area (Å²) in [5, 5.41) is 8.88. The smallest absolute Gasteiger partial charge is 0.272 e. The Morgan fingerprint density at radius 3 is 2.19 bits per heavy atom. The first-order valence-electron chi connectivity index (χ1n) is 15.3. The number of thioether (sulfide) groups is 1. The van der Waals surface area contributed by atoms with Crippen LogP contribution >= 0.6 is 23.1 Å². The number of nitrogens with zero attached hydrogens (tertiary/aromatic N) is 1. The lowest BCUT2D eigenvalue weighted by molar-refractivity contribution is -0.116. The fraction of sp³-hybridized carbons (Fsp3) is 0.158. The van der Waals surface area contributed by atoms with Crippen LogP contribution in [0.1, 0.15) is 45.3 Å². The Bertz CT molecular complexity index is 1900. The molecule has 0 spiro atoms. The Morgan fingerprint density at radius 1 is 0.830 bits per heavy atom. The van der Waals surface area contributed by atoms with Crippen molar-refractivity contribution in [3.63, 3.8) is 0 Å². The van der Waals surface area contributed by atoms with E-state index in [-0.39, 0.29) is 22.8 Å². The maximum absolute atomic E-state index is 13.5. The zero-order valence-corrected chi connectivity index (χ0v) is 28.3. The minimum absolute atomic E-state index is 0.107. The van der Waals surface area contributed by atoms with Gasteiger partial charge in [-0.1, -0.05) is 90.8 Å². The van der Waals surface area contributed by atoms with Crippen LogP contribution in [-0.2, 0) is 9.59 Å². The first kappa shape index (κ1) is 33.4. The van der Waals surface area contributed by atoms with Crippen LogP contribution in [0, 0.1) is 20.8 Å². The van der Waals surface area contributed by atoms with Gasteiger partial charge >= 0.3 is 0 Å². The van der Waals surface area contributed by atoms with E-state index in [4.69, 9.17) is 4.98 Å². The zero-order chi connectivity index (χ0) is 33.3. The minimum Gasteiger partial charge on any atom is -0.321 e. The minimum atomic E-state index is -0.467. The van der Waals surface area contributed by atoms with Crippen LogP contribution in [0.25, 0.3) is 17.3 Å². The molecule has 1 aromatic heterocycles. The van der Waals surface area contributed by atoms with E-state index in [2.05, 4.69) is 28.1 Å². The zero-order valence-electron chi connectivity index (χ0n) is 26.7. The van der Waals surface area contributed by atoms with E-state index in [1.807, 2.05) is 88.4 Å². The molecule has 0 aliphatic carbocycles. The van der Waals surface area contributed by atoms with E-state index < -0.39 is 5.91 Å². The standard InChI is InChI=1S/C38H36N4O3S2/c1-5-33(37(45)42-38-41-34(26(4)46-38)28-20-16-25(3)17-21-28)47-31-13-9-12-30(23-31)39-36(44)32(22-27-18-14-24(2)15-19-27)40-35(43)29-10-7-6-8-11-29/h6-23,33H,5H2,1-4H3,(H,39,44)(H,40,43)(H,41,42,45)/b32-22-. The van der Waals surface area contributed by atoms with Crippen molar-refractivity contribution in [2.24, 2.45) is 0 Å². The van der Waals surface area contributed by atoms with Crippen LogP contribution in [0.4, 0.5) is 10.8 Å². The molecule has 0 aliphatic rings. The molecule has 0 aliphatic heterocycles. The number of carbonyl (C=O) groups is 3. The third-order valence-electron chi connectivity index (χ3n) is 7.30. The fourth-order valence-electron chi connectivity index (χ4n) is 4.72. The summed E-state index contributed by atoms with van der Waals surface area (Å²) in [4.78, 5) is 46.4. The molecular formula is C38H36N4O3S2. The fourth-order valence-corrected chi connectivity index (χ4v) is 6.57. The summed E-state index contributed by atoms with van der Waals surface area (Å²) in [6.07, 6.45) is 2.24. The van der Waals surface area contributed by atoms with Gasteiger partial charge in [0.25, 0.3) is 11.8 Å². The normalized spacial score (nSPS) is 11.9. The summed E-state index contributed by atoms with van der Waals surface area (Å²) in [7, 11) is 0. The first-order chi connectivity index (χ1) is 22.7. The quantitative estimate of drug-likeness (QED) is 0.0973. The Balaban J connectivity index is 1.28. The van der Waals surface area contributed by atoms with Gasteiger partial charge in [0, 0.05) is 26.6 Å². The summed E-state index contributed by atoms with van der Waals surface area (Å²) in [5.74, 6) is -0.991. The predicted molar refractivity (Wildman–Crippen MR) is 194 cm³/mol. The summed E-state index contributed by atoms with van der Waals surface area (Å²) < 4.78 is 0. The van der Waals surface area contributed by atoms with Gasteiger partial charge in [-0.3, -0.25) is 14.4 Å². The third-order valence-corrected chi connectivity index (χ3v) is 9.55. The van der Waals surface area contributed by atoms with Gasteiger partial charge < -0.3 is 16.0 Å². The van der Waals surface area contributed by atoms with Crippen molar-refractivity contribution in [3.8, 4) is 11.3 Å². The van der Waals surface area contributed by atoms with Crippen molar-refractivity contribution in [2.75, 3.05) is 10.6 Å². The highest BCUT2D eigenvalue weighted by atomic mass is 32.2. The van der Waals surface area contributed by atoms with E-state index in [1.54, 1.807) is 36.4 Å². The van der Waals surface area contributed by atoms with Crippen molar-refractivity contribution in [1.29, 1.82) is 0 Å². The molecule has 0 fully saturated rings. The van der Waals surface area contributed by atoms with Gasteiger partial charge in [-0.2, -0.15) is 0 Å². The van der Waals surface area contributed by atoms with Crippen molar-refractivity contribution in [2.45, 2.75) is 44.3 Å². The Morgan fingerprint density at radius 2 is 1.51 bits per heavy atom. The monoisotopic (exact) mass is 660 g/mol. The van der Waals surface area contributed by atoms with Gasteiger partial charge in [0.05, 0.1) is 10.9 Å². The number of aromatic nitrogens is 1. The van der Waals surface area contributed by atoms with E-state index in [0.717, 1.165) is 32.2 Å². The average molecular weight is 661 g/mol. The van der Waals surface area contributed by atoms with Crippen molar-refractivity contribution in [1.82, 2.24) is 10.3 Å². The van der Waals surface area contributed by atoms with Gasteiger partial charge in [0.1, 0.15) is 5.70 Å².